The maximum atomic E-state index is 12.2. The lowest BCUT2D eigenvalue weighted by atomic mass is 9.98. The summed E-state index contributed by atoms with van der Waals surface area (Å²) in [4.78, 5) is 16.7. The Bertz CT molecular complexity index is 678. The molecule has 0 aliphatic carbocycles. The summed E-state index contributed by atoms with van der Waals surface area (Å²) in [7, 11) is 3.34. The first-order chi connectivity index (χ1) is 11.2. The van der Waals surface area contributed by atoms with Crippen LogP contribution in [0.1, 0.15) is 40.9 Å². The number of nitrogens with zero attached hydrogens (tertiary/aromatic N) is 3. The van der Waals surface area contributed by atoms with Gasteiger partial charge in [0.15, 0.2) is 11.6 Å². The van der Waals surface area contributed by atoms with Gasteiger partial charge in [-0.2, -0.15) is 10.1 Å². The number of rotatable bonds is 5. The molecule has 3 heterocycles. The van der Waals surface area contributed by atoms with Gasteiger partial charge in [-0.05, 0) is 38.1 Å². The molecule has 1 fully saturated rings. The molecule has 1 saturated heterocycles. The Labute approximate surface area is 146 Å². The molecule has 8 nitrogen and oxygen atoms in total. The number of piperidine rings is 1. The van der Waals surface area contributed by atoms with Gasteiger partial charge in [0.05, 0.1) is 0 Å². The predicted octanol–water partition coefficient (Wildman–Crippen LogP) is 1.70. The minimum Gasteiger partial charge on any atom is -0.453 e. The average Bonchev–Trinajstić information content (AvgIpc) is 3.16. The molecular formula is C15H22ClN5O3. The van der Waals surface area contributed by atoms with Crippen LogP contribution in [0.3, 0.4) is 0 Å². The van der Waals surface area contributed by atoms with Gasteiger partial charge in [0.2, 0.25) is 5.95 Å². The minimum atomic E-state index is -0.347. The van der Waals surface area contributed by atoms with E-state index in [1.165, 1.54) is 0 Å². The van der Waals surface area contributed by atoms with E-state index in [-0.39, 0.29) is 24.1 Å². The van der Waals surface area contributed by atoms with Crippen molar-refractivity contribution in [1.29, 1.82) is 0 Å². The maximum absolute atomic E-state index is 12.2. The van der Waals surface area contributed by atoms with Crippen molar-refractivity contribution in [2.75, 3.05) is 25.5 Å². The summed E-state index contributed by atoms with van der Waals surface area (Å²) in [6.45, 7) is 2.27. The zero-order valence-corrected chi connectivity index (χ0v) is 14.6. The standard InChI is InChI=1S/C15H21N5O3.ClH/c1-20-15(17-13(19-20)10-5-7-16-8-6-10)18-14(21)12-4-3-11(23-12)9-22-2;/h3-4,10,16H,5-9H2,1-2H3,(H,17,18,19,21);1H. The predicted molar refractivity (Wildman–Crippen MR) is 90.5 cm³/mol. The Morgan fingerprint density at radius 3 is 2.92 bits per heavy atom. The second kappa shape index (κ2) is 8.27. The molecular weight excluding hydrogens is 334 g/mol. The molecule has 1 aliphatic rings. The van der Waals surface area contributed by atoms with E-state index in [0.717, 1.165) is 31.8 Å². The molecule has 24 heavy (non-hydrogen) atoms. The van der Waals surface area contributed by atoms with Crippen LogP contribution in [-0.4, -0.2) is 40.9 Å². The number of furan rings is 1. The van der Waals surface area contributed by atoms with Crippen molar-refractivity contribution in [2.45, 2.75) is 25.4 Å². The minimum absolute atomic E-state index is 0. The topological polar surface area (TPSA) is 94.2 Å². The van der Waals surface area contributed by atoms with Crippen LogP contribution >= 0.6 is 12.4 Å². The molecule has 3 rings (SSSR count). The number of carbonyl (C=O) groups is 1. The average molecular weight is 356 g/mol. The first kappa shape index (κ1) is 18.4. The van der Waals surface area contributed by atoms with Crippen molar-refractivity contribution in [1.82, 2.24) is 20.1 Å². The summed E-state index contributed by atoms with van der Waals surface area (Å²) in [5.41, 5.74) is 0. The van der Waals surface area contributed by atoms with E-state index in [9.17, 15) is 4.79 Å². The van der Waals surface area contributed by atoms with Crippen molar-refractivity contribution >= 4 is 24.3 Å². The largest absolute Gasteiger partial charge is 0.453 e. The van der Waals surface area contributed by atoms with E-state index in [0.29, 0.717) is 24.2 Å². The Hall–Kier alpha value is -1.90. The van der Waals surface area contributed by atoms with Crippen molar-refractivity contribution in [2.24, 2.45) is 7.05 Å². The summed E-state index contributed by atoms with van der Waals surface area (Å²) in [5.74, 6) is 2.02. The highest BCUT2D eigenvalue weighted by Crippen LogP contribution is 2.23. The van der Waals surface area contributed by atoms with Crippen LogP contribution in [0.25, 0.3) is 0 Å². The first-order valence-electron chi connectivity index (χ1n) is 7.68. The third-order valence-corrected chi connectivity index (χ3v) is 3.88. The SMILES string of the molecule is COCc1ccc(C(=O)Nc2nc(C3CCNCC3)nn2C)o1.Cl. The van der Waals surface area contributed by atoms with E-state index in [4.69, 9.17) is 9.15 Å². The number of aromatic nitrogens is 3. The zero-order chi connectivity index (χ0) is 16.2. The summed E-state index contributed by atoms with van der Waals surface area (Å²) in [6.07, 6.45) is 2.02. The highest BCUT2D eigenvalue weighted by atomic mass is 35.5. The molecule has 0 unspecified atom stereocenters. The second-order valence-corrected chi connectivity index (χ2v) is 5.59. The van der Waals surface area contributed by atoms with Crippen LogP contribution in [0, 0.1) is 0 Å². The number of amides is 1. The first-order valence-corrected chi connectivity index (χ1v) is 7.68. The van der Waals surface area contributed by atoms with Crippen LogP contribution in [-0.2, 0) is 18.4 Å². The summed E-state index contributed by atoms with van der Waals surface area (Å²) >= 11 is 0. The number of aryl methyl sites for hydroxylation is 1. The van der Waals surface area contributed by atoms with Gasteiger partial charge in [-0.15, -0.1) is 12.4 Å². The molecule has 9 heteroatoms. The van der Waals surface area contributed by atoms with Gasteiger partial charge in [-0.1, -0.05) is 0 Å². The van der Waals surface area contributed by atoms with Gasteiger partial charge in [0.1, 0.15) is 12.4 Å². The van der Waals surface area contributed by atoms with Crippen LogP contribution in [0.5, 0.6) is 0 Å². The van der Waals surface area contributed by atoms with Crippen LogP contribution in [0.15, 0.2) is 16.5 Å². The molecule has 0 radical (unpaired) electrons. The van der Waals surface area contributed by atoms with E-state index in [1.807, 2.05) is 0 Å². The Kier molecular flexibility index (Phi) is 6.36. The van der Waals surface area contributed by atoms with Gasteiger partial charge in [-0.25, -0.2) is 4.68 Å². The monoisotopic (exact) mass is 355 g/mol. The zero-order valence-electron chi connectivity index (χ0n) is 13.7. The summed E-state index contributed by atoms with van der Waals surface area (Å²) in [5, 5.41) is 10.5. The van der Waals surface area contributed by atoms with Crippen molar-refractivity contribution in [3.8, 4) is 0 Å². The summed E-state index contributed by atoms with van der Waals surface area (Å²) in [6, 6.07) is 3.34. The van der Waals surface area contributed by atoms with Gasteiger partial charge in [0, 0.05) is 20.1 Å². The van der Waals surface area contributed by atoms with Gasteiger partial charge < -0.3 is 14.5 Å². The quantitative estimate of drug-likeness (QED) is 0.847. The molecule has 0 atom stereocenters. The van der Waals surface area contributed by atoms with Gasteiger partial charge >= 0.3 is 0 Å². The number of hydrogen-bond acceptors (Lipinski definition) is 6. The molecule has 2 N–H and O–H groups in total. The normalized spacial score (nSPS) is 15.1. The molecule has 132 valence electrons. The number of anilines is 1. The summed E-state index contributed by atoms with van der Waals surface area (Å²) < 4.78 is 12.0. The maximum Gasteiger partial charge on any atom is 0.293 e. The fourth-order valence-electron chi connectivity index (χ4n) is 2.65. The highest BCUT2D eigenvalue weighted by molar-refractivity contribution is 6.01. The molecule has 0 saturated carbocycles. The van der Waals surface area contributed by atoms with Crippen LogP contribution < -0.4 is 10.6 Å². The molecule has 0 aromatic carbocycles. The lowest BCUT2D eigenvalue weighted by Gasteiger charge is -2.19. The Morgan fingerprint density at radius 2 is 2.21 bits per heavy atom. The smallest absolute Gasteiger partial charge is 0.293 e. The third kappa shape index (κ3) is 4.14. The number of methoxy groups -OCH3 is 1. The van der Waals surface area contributed by atoms with Crippen LogP contribution in [0.4, 0.5) is 5.95 Å². The number of nitrogens with one attached hydrogen (secondary N) is 2. The molecule has 1 aliphatic heterocycles. The lowest BCUT2D eigenvalue weighted by molar-refractivity contribution is 0.0986. The van der Waals surface area contributed by atoms with Gasteiger partial charge in [-0.3, -0.25) is 10.1 Å². The number of carbonyl (C=O) groups excluding carboxylic acids is 1. The third-order valence-electron chi connectivity index (χ3n) is 3.88. The van der Waals surface area contributed by atoms with Gasteiger partial charge in [0.25, 0.3) is 5.91 Å². The van der Waals surface area contributed by atoms with E-state index in [2.05, 4.69) is 20.7 Å². The van der Waals surface area contributed by atoms with Crippen LogP contribution in [0.2, 0.25) is 0 Å². The Balaban J connectivity index is 0.00000208. The van der Waals surface area contributed by atoms with Crippen molar-refractivity contribution in [3.63, 3.8) is 0 Å². The number of hydrogen-bond donors (Lipinski definition) is 2. The fraction of sp³-hybridized carbons (Fsp3) is 0.533. The van der Waals surface area contributed by atoms with E-state index < -0.39 is 0 Å². The highest BCUT2D eigenvalue weighted by Gasteiger charge is 2.22. The molecule has 0 bridgehead atoms. The molecule has 0 spiro atoms. The van der Waals surface area contributed by atoms with E-state index >= 15 is 0 Å². The second-order valence-electron chi connectivity index (χ2n) is 5.59. The number of halogens is 1. The van der Waals surface area contributed by atoms with Crippen molar-refractivity contribution in [3.05, 3.63) is 29.5 Å². The Morgan fingerprint density at radius 1 is 1.46 bits per heavy atom. The molecule has 1 amide bonds. The lowest BCUT2D eigenvalue weighted by Crippen LogP contribution is -2.27. The number of ether oxygens (including phenoxy) is 1. The molecule has 2 aromatic heterocycles. The van der Waals surface area contributed by atoms with Crippen molar-refractivity contribution < 1.29 is 13.9 Å². The molecule has 2 aromatic rings. The van der Waals surface area contributed by atoms with E-state index in [1.54, 1.807) is 31.0 Å². The fourth-order valence-corrected chi connectivity index (χ4v) is 2.65.